The summed E-state index contributed by atoms with van der Waals surface area (Å²) in [6.07, 6.45) is 4.83. The number of benzene rings is 1. The average Bonchev–Trinajstić information content (AvgIpc) is 2.35. The number of hydrogen-bond acceptors (Lipinski definition) is 2. The van der Waals surface area contributed by atoms with Gasteiger partial charge in [-0.3, -0.25) is 0 Å². The molecule has 0 amide bonds. The molecule has 0 fully saturated rings. The zero-order chi connectivity index (χ0) is 11.4. The quantitative estimate of drug-likeness (QED) is 0.811. The van der Waals surface area contributed by atoms with Crippen molar-refractivity contribution in [2.75, 3.05) is 18.9 Å². The molecule has 88 valence electrons. The van der Waals surface area contributed by atoms with Crippen molar-refractivity contribution in [3.8, 4) is 0 Å². The standard InChI is InChI=1S/C14H22N2/c1-3-11-5-4-6-12-7-8-13(9-10-15-2)16-14(11)12/h4-6,13,15-16H,3,7-10H2,1-2H3. The maximum atomic E-state index is 3.71. The van der Waals surface area contributed by atoms with Crippen LogP contribution >= 0.6 is 0 Å². The van der Waals surface area contributed by atoms with Crippen molar-refractivity contribution < 1.29 is 0 Å². The summed E-state index contributed by atoms with van der Waals surface area (Å²) in [7, 11) is 2.02. The molecule has 1 aromatic carbocycles. The first-order valence-corrected chi connectivity index (χ1v) is 6.37. The van der Waals surface area contributed by atoms with Gasteiger partial charge < -0.3 is 10.6 Å². The number of anilines is 1. The van der Waals surface area contributed by atoms with E-state index in [-0.39, 0.29) is 0 Å². The van der Waals surface area contributed by atoms with Crippen LogP contribution in [0, 0.1) is 0 Å². The Kier molecular flexibility index (Phi) is 3.83. The minimum absolute atomic E-state index is 0.646. The van der Waals surface area contributed by atoms with Crippen LogP contribution in [-0.4, -0.2) is 19.6 Å². The van der Waals surface area contributed by atoms with Crippen LogP contribution in [-0.2, 0) is 12.8 Å². The van der Waals surface area contributed by atoms with Crippen LogP contribution in [0.15, 0.2) is 18.2 Å². The van der Waals surface area contributed by atoms with Crippen molar-refractivity contribution >= 4 is 5.69 Å². The highest BCUT2D eigenvalue weighted by molar-refractivity contribution is 5.59. The Balaban J connectivity index is 2.11. The lowest BCUT2D eigenvalue weighted by Crippen LogP contribution is -2.29. The van der Waals surface area contributed by atoms with Gasteiger partial charge in [0.2, 0.25) is 0 Å². The van der Waals surface area contributed by atoms with E-state index in [0.717, 1.165) is 13.0 Å². The smallest absolute Gasteiger partial charge is 0.0407 e. The summed E-state index contributed by atoms with van der Waals surface area (Å²) in [5.74, 6) is 0. The molecule has 1 aliphatic rings. The van der Waals surface area contributed by atoms with E-state index < -0.39 is 0 Å². The van der Waals surface area contributed by atoms with Crippen molar-refractivity contribution in [3.63, 3.8) is 0 Å². The molecule has 1 aromatic rings. The molecule has 1 atom stereocenters. The third-order valence-corrected chi connectivity index (χ3v) is 3.47. The summed E-state index contributed by atoms with van der Waals surface area (Å²) in [6, 6.07) is 7.34. The Morgan fingerprint density at radius 1 is 1.44 bits per heavy atom. The summed E-state index contributed by atoms with van der Waals surface area (Å²) < 4.78 is 0. The number of aryl methyl sites for hydroxylation is 2. The van der Waals surface area contributed by atoms with Crippen LogP contribution in [0.4, 0.5) is 5.69 Å². The van der Waals surface area contributed by atoms with Gasteiger partial charge in [-0.25, -0.2) is 0 Å². The van der Waals surface area contributed by atoms with Gasteiger partial charge in [-0.1, -0.05) is 25.1 Å². The second-order valence-corrected chi connectivity index (χ2v) is 4.58. The molecule has 2 rings (SSSR count). The van der Waals surface area contributed by atoms with Gasteiger partial charge in [0.05, 0.1) is 0 Å². The van der Waals surface area contributed by atoms with Crippen LogP contribution in [0.5, 0.6) is 0 Å². The Bertz CT molecular complexity index is 332. The van der Waals surface area contributed by atoms with Crippen molar-refractivity contribution in [3.05, 3.63) is 29.3 Å². The number of fused-ring (bicyclic) bond motifs is 1. The van der Waals surface area contributed by atoms with Crippen LogP contribution in [0.1, 0.15) is 30.9 Å². The van der Waals surface area contributed by atoms with Crippen LogP contribution in [0.3, 0.4) is 0 Å². The van der Waals surface area contributed by atoms with Crippen molar-refractivity contribution in [2.45, 2.75) is 38.6 Å². The first kappa shape index (κ1) is 11.5. The van der Waals surface area contributed by atoms with E-state index in [4.69, 9.17) is 0 Å². The fraction of sp³-hybridized carbons (Fsp3) is 0.571. The third-order valence-electron chi connectivity index (χ3n) is 3.47. The molecule has 1 aliphatic heterocycles. The molecular formula is C14H22N2. The van der Waals surface area contributed by atoms with Gasteiger partial charge in [0.25, 0.3) is 0 Å². The Morgan fingerprint density at radius 3 is 3.06 bits per heavy atom. The van der Waals surface area contributed by atoms with Crippen LogP contribution < -0.4 is 10.6 Å². The van der Waals surface area contributed by atoms with Crippen molar-refractivity contribution in [1.29, 1.82) is 0 Å². The van der Waals surface area contributed by atoms with Gasteiger partial charge in [-0.2, -0.15) is 0 Å². The Labute approximate surface area is 98.4 Å². The number of rotatable bonds is 4. The Hall–Kier alpha value is -1.02. The molecular weight excluding hydrogens is 196 g/mol. The Morgan fingerprint density at radius 2 is 2.31 bits per heavy atom. The van der Waals surface area contributed by atoms with E-state index in [1.165, 1.54) is 36.1 Å². The van der Waals surface area contributed by atoms with Crippen molar-refractivity contribution in [2.24, 2.45) is 0 Å². The minimum Gasteiger partial charge on any atom is -0.382 e. The molecule has 1 heterocycles. The molecule has 0 saturated carbocycles. The lowest BCUT2D eigenvalue weighted by Gasteiger charge is -2.29. The molecule has 0 aromatic heterocycles. The molecule has 2 nitrogen and oxygen atoms in total. The van der Waals surface area contributed by atoms with E-state index in [1.54, 1.807) is 0 Å². The maximum absolute atomic E-state index is 3.71. The predicted octanol–water partition coefficient (Wildman–Crippen LogP) is 2.59. The van der Waals surface area contributed by atoms with Gasteiger partial charge in [0.1, 0.15) is 0 Å². The first-order chi connectivity index (χ1) is 7.85. The van der Waals surface area contributed by atoms with Crippen LogP contribution in [0.2, 0.25) is 0 Å². The lowest BCUT2D eigenvalue weighted by molar-refractivity contribution is 0.567. The molecule has 0 radical (unpaired) electrons. The summed E-state index contributed by atoms with van der Waals surface area (Å²) in [5, 5.41) is 6.94. The summed E-state index contributed by atoms with van der Waals surface area (Å²) in [6.45, 7) is 3.33. The lowest BCUT2D eigenvalue weighted by atomic mass is 9.93. The highest BCUT2D eigenvalue weighted by atomic mass is 14.9. The monoisotopic (exact) mass is 218 g/mol. The average molecular weight is 218 g/mol. The number of nitrogens with one attached hydrogen (secondary N) is 2. The highest BCUT2D eigenvalue weighted by Gasteiger charge is 2.18. The van der Waals surface area contributed by atoms with E-state index in [9.17, 15) is 0 Å². The molecule has 2 N–H and O–H groups in total. The fourth-order valence-electron chi connectivity index (χ4n) is 2.48. The zero-order valence-corrected chi connectivity index (χ0v) is 10.3. The van der Waals surface area contributed by atoms with Crippen molar-refractivity contribution in [1.82, 2.24) is 5.32 Å². The summed E-state index contributed by atoms with van der Waals surface area (Å²) >= 11 is 0. The van der Waals surface area contributed by atoms with Gasteiger partial charge in [0, 0.05) is 11.7 Å². The summed E-state index contributed by atoms with van der Waals surface area (Å²) in [5.41, 5.74) is 4.38. The highest BCUT2D eigenvalue weighted by Crippen LogP contribution is 2.29. The SMILES string of the molecule is CCc1cccc2c1NC(CCNC)CC2. The zero-order valence-electron chi connectivity index (χ0n) is 10.3. The molecule has 1 unspecified atom stereocenters. The predicted molar refractivity (Wildman–Crippen MR) is 70.1 cm³/mol. The fourth-order valence-corrected chi connectivity index (χ4v) is 2.48. The number of para-hydroxylation sites is 1. The second-order valence-electron chi connectivity index (χ2n) is 4.58. The molecule has 0 saturated heterocycles. The molecule has 0 spiro atoms. The number of hydrogen-bond donors (Lipinski definition) is 2. The van der Waals surface area contributed by atoms with Gasteiger partial charge in [0.15, 0.2) is 0 Å². The normalized spacial score (nSPS) is 19.0. The van der Waals surface area contributed by atoms with Gasteiger partial charge in [-0.05, 0) is 50.4 Å². The summed E-state index contributed by atoms with van der Waals surface area (Å²) in [4.78, 5) is 0. The largest absolute Gasteiger partial charge is 0.382 e. The van der Waals surface area contributed by atoms with E-state index >= 15 is 0 Å². The van der Waals surface area contributed by atoms with E-state index in [1.807, 2.05) is 7.05 Å². The third kappa shape index (κ3) is 2.38. The second kappa shape index (κ2) is 5.35. The minimum atomic E-state index is 0.646. The maximum Gasteiger partial charge on any atom is 0.0407 e. The molecule has 0 bridgehead atoms. The molecule has 0 aliphatic carbocycles. The van der Waals surface area contributed by atoms with Gasteiger partial charge >= 0.3 is 0 Å². The van der Waals surface area contributed by atoms with Crippen LogP contribution in [0.25, 0.3) is 0 Å². The van der Waals surface area contributed by atoms with E-state index in [2.05, 4.69) is 35.8 Å². The van der Waals surface area contributed by atoms with Gasteiger partial charge in [-0.15, -0.1) is 0 Å². The molecule has 16 heavy (non-hydrogen) atoms. The topological polar surface area (TPSA) is 24.1 Å². The first-order valence-electron chi connectivity index (χ1n) is 6.37. The molecule has 2 heteroatoms. The van der Waals surface area contributed by atoms with E-state index in [0.29, 0.717) is 6.04 Å².